The summed E-state index contributed by atoms with van der Waals surface area (Å²) in [7, 11) is 0. The summed E-state index contributed by atoms with van der Waals surface area (Å²) < 4.78 is 0. The van der Waals surface area contributed by atoms with Crippen molar-refractivity contribution in [2.24, 2.45) is 4.99 Å². The highest BCUT2D eigenvalue weighted by Gasteiger charge is 2.19. The van der Waals surface area contributed by atoms with Crippen molar-refractivity contribution in [1.82, 2.24) is 20.5 Å². The van der Waals surface area contributed by atoms with Crippen LogP contribution in [-0.2, 0) is 6.54 Å². The molecule has 7 heteroatoms. The molecule has 1 saturated heterocycles. The van der Waals surface area contributed by atoms with Crippen LogP contribution in [0.15, 0.2) is 10.5 Å². The van der Waals surface area contributed by atoms with Gasteiger partial charge in [0.1, 0.15) is 0 Å². The van der Waals surface area contributed by atoms with Gasteiger partial charge < -0.3 is 15.5 Å². The summed E-state index contributed by atoms with van der Waals surface area (Å²) in [5.41, 5.74) is 2.99. The van der Waals surface area contributed by atoms with Gasteiger partial charge in [-0.2, -0.15) is 0 Å². The van der Waals surface area contributed by atoms with Crippen LogP contribution >= 0.6 is 35.3 Å². The summed E-state index contributed by atoms with van der Waals surface area (Å²) in [5.74, 6) is 0.934. The van der Waals surface area contributed by atoms with Gasteiger partial charge in [0.05, 0.1) is 17.7 Å². The molecular weight excluding hydrogens is 421 g/mol. The lowest BCUT2D eigenvalue weighted by Gasteiger charge is -2.32. The second-order valence-electron chi connectivity index (χ2n) is 5.82. The summed E-state index contributed by atoms with van der Waals surface area (Å²) in [6, 6.07) is 0.536. The molecule has 2 rings (SSSR count). The van der Waals surface area contributed by atoms with Crippen LogP contribution in [0.25, 0.3) is 0 Å². The molecule has 0 amide bonds. The van der Waals surface area contributed by atoms with Gasteiger partial charge in [0.25, 0.3) is 0 Å². The highest BCUT2D eigenvalue weighted by atomic mass is 127. The first-order valence-corrected chi connectivity index (χ1v) is 9.27. The van der Waals surface area contributed by atoms with Crippen LogP contribution < -0.4 is 10.6 Å². The largest absolute Gasteiger partial charge is 0.357 e. The standard InChI is InChI=1S/C16H29N5S.HI/c1-4-8-21-9-6-14(7-10-21)20-16(17-5-2)18-11-15-13(3)19-12-22-15;/h12,14H,4-11H2,1-3H3,(H2,17,18,20);1H. The molecule has 23 heavy (non-hydrogen) atoms. The molecule has 0 radical (unpaired) electrons. The summed E-state index contributed by atoms with van der Waals surface area (Å²) in [6.45, 7) is 11.6. The van der Waals surface area contributed by atoms with Gasteiger partial charge in [-0.05, 0) is 39.7 Å². The molecule has 5 nitrogen and oxygen atoms in total. The van der Waals surface area contributed by atoms with E-state index in [2.05, 4.69) is 34.4 Å². The molecule has 132 valence electrons. The quantitative estimate of drug-likeness (QED) is 0.397. The maximum atomic E-state index is 4.72. The molecular formula is C16H30IN5S. The fraction of sp³-hybridized carbons (Fsp3) is 0.750. The van der Waals surface area contributed by atoms with Gasteiger partial charge in [0.15, 0.2) is 5.96 Å². The van der Waals surface area contributed by atoms with Crippen molar-refractivity contribution < 1.29 is 0 Å². The average molecular weight is 451 g/mol. The molecule has 2 heterocycles. The minimum absolute atomic E-state index is 0. The Hall–Kier alpha value is -0.410. The highest BCUT2D eigenvalue weighted by molar-refractivity contribution is 14.0. The molecule has 1 aromatic rings. The summed E-state index contributed by atoms with van der Waals surface area (Å²) in [6.07, 6.45) is 3.64. The molecule has 1 aliphatic heterocycles. The third-order valence-electron chi connectivity index (χ3n) is 4.04. The number of thiazole rings is 1. The number of hydrogen-bond donors (Lipinski definition) is 2. The molecule has 0 spiro atoms. The number of aliphatic imine (C=N–C) groups is 1. The Morgan fingerprint density at radius 1 is 1.39 bits per heavy atom. The molecule has 0 unspecified atom stereocenters. The Labute approximate surface area is 161 Å². The molecule has 0 saturated carbocycles. The monoisotopic (exact) mass is 451 g/mol. The van der Waals surface area contributed by atoms with Crippen molar-refractivity contribution in [3.63, 3.8) is 0 Å². The Morgan fingerprint density at radius 3 is 2.70 bits per heavy atom. The second kappa shape index (κ2) is 11.2. The number of rotatable bonds is 6. The van der Waals surface area contributed by atoms with Gasteiger partial charge in [-0.1, -0.05) is 6.92 Å². The number of aromatic nitrogens is 1. The van der Waals surface area contributed by atoms with Crippen molar-refractivity contribution in [3.05, 3.63) is 16.1 Å². The highest BCUT2D eigenvalue weighted by Crippen LogP contribution is 2.13. The van der Waals surface area contributed by atoms with Crippen LogP contribution in [0.2, 0.25) is 0 Å². The van der Waals surface area contributed by atoms with E-state index in [1.54, 1.807) is 11.3 Å². The number of aryl methyl sites for hydroxylation is 1. The van der Waals surface area contributed by atoms with Crippen LogP contribution in [0.5, 0.6) is 0 Å². The lowest BCUT2D eigenvalue weighted by Crippen LogP contribution is -2.48. The normalized spacial score (nSPS) is 16.9. The van der Waals surface area contributed by atoms with Gasteiger partial charge in [-0.25, -0.2) is 9.98 Å². The smallest absolute Gasteiger partial charge is 0.191 e. The summed E-state index contributed by atoms with van der Waals surface area (Å²) in [5, 5.41) is 6.96. The van der Waals surface area contributed by atoms with E-state index in [0.717, 1.165) is 18.2 Å². The maximum Gasteiger partial charge on any atom is 0.191 e. The number of nitrogens with zero attached hydrogens (tertiary/aromatic N) is 3. The van der Waals surface area contributed by atoms with E-state index in [1.807, 2.05) is 12.4 Å². The van der Waals surface area contributed by atoms with Crippen molar-refractivity contribution in [2.75, 3.05) is 26.2 Å². The minimum Gasteiger partial charge on any atom is -0.357 e. The first-order chi connectivity index (χ1) is 10.7. The van der Waals surface area contributed by atoms with E-state index >= 15 is 0 Å². The number of guanidine groups is 1. The Kier molecular flexibility index (Phi) is 10.0. The van der Waals surface area contributed by atoms with Gasteiger partial charge in [0.2, 0.25) is 0 Å². The molecule has 1 aromatic heterocycles. The van der Waals surface area contributed by atoms with Gasteiger partial charge in [0, 0.05) is 30.6 Å². The fourth-order valence-corrected chi connectivity index (χ4v) is 3.46. The van der Waals surface area contributed by atoms with Crippen LogP contribution in [0.3, 0.4) is 0 Å². The van der Waals surface area contributed by atoms with E-state index < -0.39 is 0 Å². The zero-order chi connectivity index (χ0) is 15.8. The Morgan fingerprint density at radius 2 is 2.13 bits per heavy atom. The molecule has 0 atom stereocenters. The molecule has 1 aliphatic rings. The molecule has 0 bridgehead atoms. The van der Waals surface area contributed by atoms with Gasteiger partial charge in [-0.3, -0.25) is 0 Å². The molecule has 2 N–H and O–H groups in total. The predicted octanol–water partition coefficient (Wildman–Crippen LogP) is 3.00. The minimum atomic E-state index is 0. The zero-order valence-electron chi connectivity index (χ0n) is 14.5. The van der Waals surface area contributed by atoms with E-state index in [-0.39, 0.29) is 24.0 Å². The SMILES string of the molecule is CCCN1CCC(NC(=NCc2scnc2C)NCC)CC1.I. The third-order valence-corrected chi connectivity index (χ3v) is 4.96. The fourth-order valence-electron chi connectivity index (χ4n) is 2.76. The van der Waals surface area contributed by atoms with Crippen molar-refractivity contribution in [2.45, 2.75) is 52.6 Å². The van der Waals surface area contributed by atoms with Gasteiger partial charge in [-0.15, -0.1) is 35.3 Å². The third kappa shape index (κ3) is 6.93. The lowest BCUT2D eigenvalue weighted by molar-refractivity contribution is 0.206. The molecule has 1 fully saturated rings. The van der Waals surface area contributed by atoms with Gasteiger partial charge >= 0.3 is 0 Å². The Bertz CT molecular complexity index is 469. The van der Waals surface area contributed by atoms with Crippen LogP contribution in [0.1, 0.15) is 43.7 Å². The number of piperidine rings is 1. The van der Waals surface area contributed by atoms with Crippen molar-refractivity contribution in [3.8, 4) is 0 Å². The van der Waals surface area contributed by atoms with Crippen LogP contribution in [0, 0.1) is 6.92 Å². The van der Waals surface area contributed by atoms with Crippen LogP contribution in [-0.4, -0.2) is 48.1 Å². The maximum absolute atomic E-state index is 4.72. The van der Waals surface area contributed by atoms with E-state index in [9.17, 15) is 0 Å². The van der Waals surface area contributed by atoms with E-state index in [0.29, 0.717) is 12.6 Å². The first kappa shape index (κ1) is 20.6. The number of hydrogen-bond acceptors (Lipinski definition) is 4. The average Bonchev–Trinajstić information content (AvgIpc) is 2.92. The van der Waals surface area contributed by atoms with Crippen LogP contribution in [0.4, 0.5) is 0 Å². The van der Waals surface area contributed by atoms with E-state index in [1.165, 1.54) is 43.8 Å². The summed E-state index contributed by atoms with van der Waals surface area (Å²) >= 11 is 1.68. The number of halogens is 1. The molecule has 0 aromatic carbocycles. The van der Waals surface area contributed by atoms with Crippen molar-refractivity contribution in [1.29, 1.82) is 0 Å². The van der Waals surface area contributed by atoms with Crippen molar-refractivity contribution >= 4 is 41.3 Å². The molecule has 0 aliphatic carbocycles. The predicted molar refractivity (Wildman–Crippen MR) is 110 cm³/mol. The second-order valence-corrected chi connectivity index (χ2v) is 6.76. The summed E-state index contributed by atoms with van der Waals surface area (Å²) in [4.78, 5) is 12.8. The van der Waals surface area contributed by atoms with E-state index in [4.69, 9.17) is 4.99 Å². The number of likely N-dealkylation sites (tertiary alicyclic amines) is 1. The zero-order valence-corrected chi connectivity index (χ0v) is 17.6. The topological polar surface area (TPSA) is 52.5 Å². The first-order valence-electron chi connectivity index (χ1n) is 8.39. The number of nitrogens with one attached hydrogen (secondary N) is 2. The lowest BCUT2D eigenvalue weighted by atomic mass is 10.1. The Balaban J connectivity index is 0.00000264.